The monoisotopic (exact) mass is 385 g/mol. The lowest BCUT2D eigenvalue weighted by Gasteiger charge is -2.19. The normalized spacial score (nSPS) is 12.7. The molecule has 9 heteroatoms. The van der Waals surface area contributed by atoms with E-state index < -0.39 is 17.6 Å². The molecule has 1 aromatic heterocycles. The quantitative estimate of drug-likeness (QED) is 0.808. The molecule has 0 aliphatic rings. The van der Waals surface area contributed by atoms with Gasteiger partial charge in [-0.05, 0) is 24.1 Å². The van der Waals surface area contributed by atoms with Gasteiger partial charge < -0.3 is 10.6 Å². The maximum Gasteiger partial charge on any atom is 0.416 e. The van der Waals surface area contributed by atoms with E-state index in [9.17, 15) is 22.8 Å². The van der Waals surface area contributed by atoms with Crippen LogP contribution in [-0.4, -0.2) is 16.8 Å². The van der Waals surface area contributed by atoms with Crippen molar-refractivity contribution in [3.63, 3.8) is 0 Å². The largest absolute Gasteiger partial charge is 0.416 e. The van der Waals surface area contributed by atoms with Gasteiger partial charge in [-0.2, -0.15) is 13.2 Å². The summed E-state index contributed by atoms with van der Waals surface area (Å²) in [7, 11) is 0. The Bertz CT molecular complexity index is 803. The first-order valence-corrected chi connectivity index (χ1v) is 8.67. The molecular weight excluding hydrogens is 367 g/mol. The first-order valence-electron chi connectivity index (χ1n) is 7.79. The second-order valence-corrected chi connectivity index (χ2v) is 6.92. The highest BCUT2D eigenvalue weighted by Crippen LogP contribution is 2.31. The van der Waals surface area contributed by atoms with E-state index in [1.807, 2.05) is 13.8 Å². The molecule has 2 amide bonds. The first-order chi connectivity index (χ1) is 12.1. The predicted molar refractivity (Wildman–Crippen MR) is 92.9 cm³/mol. The van der Waals surface area contributed by atoms with Gasteiger partial charge >= 0.3 is 6.18 Å². The Morgan fingerprint density at radius 3 is 2.50 bits per heavy atom. The standard InChI is InChI=1S/C17H18F3N3O2S/c1-9(2)14(21-10(3)24)16-23-13(8-26-16)15(25)22-12-6-4-5-11(7-12)17(18,19)20/h4-9,14H,1-3H3,(H,21,24)(H,22,25)/t14-/m1/s1. The first kappa shape index (κ1) is 19.9. The Kier molecular flexibility index (Phi) is 6.01. The molecule has 0 aliphatic carbocycles. The molecule has 2 aromatic rings. The van der Waals surface area contributed by atoms with Gasteiger partial charge in [0.2, 0.25) is 5.91 Å². The van der Waals surface area contributed by atoms with E-state index in [2.05, 4.69) is 15.6 Å². The number of aromatic nitrogens is 1. The van der Waals surface area contributed by atoms with Crippen LogP contribution in [0.2, 0.25) is 0 Å². The van der Waals surface area contributed by atoms with E-state index in [1.54, 1.807) is 0 Å². The van der Waals surface area contributed by atoms with Crippen LogP contribution >= 0.6 is 11.3 Å². The highest BCUT2D eigenvalue weighted by Gasteiger charge is 2.30. The van der Waals surface area contributed by atoms with Crippen molar-refractivity contribution in [2.24, 2.45) is 5.92 Å². The lowest BCUT2D eigenvalue weighted by molar-refractivity contribution is -0.137. The van der Waals surface area contributed by atoms with Crippen LogP contribution in [0.15, 0.2) is 29.6 Å². The number of carbonyl (C=O) groups is 2. The van der Waals surface area contributed by atoms with E-state index in [0.717, 1.165) is 12.1 Å². The Balaban J connectivity index is 2.16. The summed E-state index contributed by atoms with van der Waals surface area (Å²) < 4.78 is 38.2. The predicted octanol–water partition coefficient (Wildman–Crippen LogP) is 4.25. The molecule has 0 fully saturated rings. The summed E-state index contributed by atoms with van der Waals surface area (Å²) in [5, 5.41) is 7.25. The van der Waals surface area contributed by atoms with Crippen molar-refractivity contribution in [2.45, 2.75) is 33.0 Å². The summed E-state index contributed by atoms with van der Waals surface area (Å²) in [5.74, 6) is -0.768. The van der Waals surface area contributed by atoms with Crippen LogP contribution in [0.5, 0.6) is 0 Å². The molecule has 5 nitrogen and oxygen atoms in total. The van der Waals surface area contributed by atoms with Crippen LogP contribution in [0.1, 0.15) is 47.9 Å². The molecule has 1 atom stereocenters. The third-order valence-corrected chi connectivity index (χ3v) is 4.42. The number of alkyl halides is 3. The lowest BCUT2D eigenvalue weighted by Crippen LogP contribution is -2.29. The molecule has 0 spiro atoms. The molecule has 2 rings (SSSR count). The summed E-state index contributed by atoms with van der Waals surface area (Å²) in [6, 6.07) is 4.04. The van der Waals surface area contributed by atoms with Gasteiger partial charge in [0.15, 0.2) is 0 Å². The number of thiazole rings is 1. The number of hydrogen-bond acceptors (Lipinski definition) is 4. The number of nitrogens with zero attached hydrogens (tertiary/aromatic N) is 1. The van der Waals surface area contributed by atoms with Crippen molar-refractivity contribution in [2.75, 3.05) is 5.32 Å². The van der Waals surface area contributed by atoms with E-state index in [1.165, 1.54) is 35.8 Å². The van der Waals surface area contributed by atoms with Crippen molar-refractivity contribution >= 4 is 28.8 Å². The van der Waals surface area contributed by atoms with Crippen LogP contribution in [-0.2, 0) is 11.0 Å². The molecular formula is C17H18F3N3O2S. The lowest BCUT2D eigenvalue weighted by atomic mass is 10.1. The van der Waals surface area contributed by atoms with Crippen LogP contribution in [0.25, 0.3) is 0 Å². The summed E-state index contributed by atoms with van der Waals surface area (Å²) in [6.45, 7) is 5.21. The number of amides is 2. The van der Waals surface area contributed by atoms with Gasteiger partial charge in [-0.25, -0.2) is 4.98 Å². The molecule has 1 aromatic carbocycles. The van der Waals surface area contributed by atoms with Crippen molar-refractivity contribution in [1.82, 2.24) is 10.3 Å². The minimum atomic E-state index is -4.49. The van der Waals surface area contributed by atoms with Gasteiger partial charge in [0.1, 0.15) is 10.7 Å². The molecule has 26 heavy (non-hydrogen) atoms. The van der Waals surface area contributed by atoms with Crippen LogP contribution in [0.3, 0.4) is 0 Å². The van der Waals surface area contributed by atoms with Crippen molar-refractivity contribution in [3.05, 3.63) is 45.9 Å². The molecule has 0 aliphatic heterocycles. The third kappa shape index (κ3) is 5.04. The second kappa shape index (κ2) is 7.86. The maximum absolute atomic E-state index is 12.7. The second-order valence-electron chi connectivity index (χ2n) is 6.03. The van der Waals surface area contributed by atoms with E-state index in [0.29, 0.717) is 5.01 Å². The van der Waals surface area contributed by atoms with Crippen molar-refractivity contribution in [3.8, 4) is 0 Å². The fraction of sp³-hybridized carbons (Fsp3) is 0.353. The van der Waals surface area contributed by atoms with Crippen LogP contribution in [0, 0.1) is 5.92 Å². The molecule has 0 bridgehead atoms. The summed E-state index contributed by atoms with van der Waals surface area (Å²) in [6.07, 6.45) is -4.49. The van der Waals surface area contributed by atoms with Gasteiger partial charge in [-0.1, -0.05) is 19.9 Å². The average Bonchev–Trinajstić information content (AvgIpc) is 3.01. The number of benzene rings is 1. The number of anilines is 1. The summed E-state index contributed by atoms with van der Waals surface area (Å²) in [4.78, 5) is 27.8. The summed E-state index contributed by atoms with van der Waals surface area (Å²) in [5.41, 5.74) is -0.736. The molecule has 2 N–H and O–H groups in total. The molecule has 0 saturated carbocycles. The maximum atomic E-state index is 12.7. The van der Waals surface area contributed by atoms with Crippen molar-refractivity contribution < 1.29 is 22.8 Å². The SMILES string of the molecule is CC(=O)N[C@@H](c1nc(C(=O)Nc2cccc(C(F)(F)F)c2)cs1)C(C)C. The van der Waals surface area contributed by atoms with Crippen LogP contribution in [0.4, 0.5) is 18.9 Å². The molecule has 0 unspecified atom stereocenters. The van der Waals surface area contributed by atoms with Gasteiger partial charge in [-0.3, -0.25) is 9.59 Å². The van der Waals surface area contributed by atoms with Crippen LogP contribution < -0.4 is 10.6 Å². The number of hydrogen-bond donors (Lipinski definition) is 2. The van der Waals surface area contributed by atoms with Crippen molar-refractivity contribution in [1.29, 1.82) is 0 Å². The molecule has 1 heterocycles. The Morgan fingerprint density at radius 2 is 1.92 bits per heavy atom. The third-order valence-electron chi connectivity index (χ3n) is 3.49. The smallest absolute Gasteiger partial charge is 0.347 e. The Hall–Kier alpha value is -2.42. The summed E-state index contributed by atoms with van der Waals surface area (Å²) >= 11 is 1.21. The van der Waals surface area contributed by atoms with Gasteiger partial charge in [0, 0.05) is 18.0 Å². The van der Waals surface area contributed by atoms with E-state index in [-0.39, 0.29) is 29.2 Å². The molecule has 0 saturated heterocycles. The number of rotatable bonds is 5. The minimum Gasteiger partial charge on any atom is -0.347 e. The van der Waals surface area contributed by atoms with E-state index in [4.69, 9.17) is 0 Å². The minimum absolute atomic E-state index is 0.0293. The highest BCUT2D eigenvalue weighted by atomic mass is 32.1. The number of halogens is 3. The van der Waals surface area contributed by atoms with Gasteiger partial charge in [0.25, 0.3) is 5.91 Å². The highest BCUT2D eigenvalue weighted by molar-refractivity contribution is 7.10. The Labute approximate surface area is 152 Å². The molecule has 140 valence electrons. The molecule has 0 radical (unpaired) electrons. The van der Waals surface area contributed by atoms with Gasteiger partial charge in [-0.15, -0.1) is 11.3 Å². The zero-order valence-corrected chi connectivity index (χ0v) is 15.2. The zero-order valence-electron chi connectivity index (χ0n) is 14.3. The fourth-order valence-corrected chi connectivity index (χ4v) is 3.26. The topological polar surface area (TPSA) is 71.1 Å². The number of nitrogens with one attached hydrogen (secondary N) is 2. The Morgan fingerprint density at radius 1 is 1.23 bits per heavy atom. The average molecular weight is 385 g/mol. The van der Waals surface area contributed by atoms with E-state index >= 15 is 0 Å². The fourth-order valence-electron chi connectivity index (χ4n) is 2.24. The number of carbonyl (C=O) groups excluding carboxylic acids is 2. The van der Waals surface area contributed by atoms with Gasteiger partial charge in [0.05, 0.1) is 11.6 Å². The zero-order chi connectivity index (χ0) is 19.5.